The molecule has 0 heterocycles. The third-order valence-electron chi connectivity index (χ3n) is 5.49. The molecule has 164 valence electrons. The minimum Gasteiger partial charge on any atom is -0.461 e. The van der Waals surface area contributed by atoms with Crippen LogP contribution in [0, 0.1) is 17.8 Å². The molecule has 0 aliphatic heterocycles. The van der Waals surface area contributed by atoms with Gasteiger partial charge in [-0.1, -0.05) is 50.6 Å². The third kappa shape index (κ3) is 8.09. The molecule has 3 atom stereocenters. The quantitative estimate of drug-likeness (QED) is 0.440. The van der Waals surface area contributed by atoms with Gasteiger partial charge >= 0.3 is 5.97 Å². The number of aldehydes is 1. The van der Waals surface area contributed by atoms with Crippen LogP contribution < -0.4 is 5.32 Å². The lowest BCUT2D eigenvalue weighted by atomic mass is 9.83. The summed E-state index contributed by atoms with van der Waals surface area (Å²) in [4.78, 5) is 48.7. The molecule has 1 saturated carbocycles. The zero-order valence-corrected chi connectivity index (χ0v) is 18.0. The molecule has 1 aromatic carbocycles. The van der Waals surface area contributed by atoms with Crippen LogP contribution in [0.4, 0.5) is 0 Å². The standard InChI is InChI=1S/C24H33NO5/c1-17(2)12-20(14-23(28)30-16-18-8-4-3-5-9-18)24(29)25-21(15-26)13-19-10-6-7-11-22(19)27/h3-5,8-9,15,17,19-21H,6-7,10-14,16H2,1-2H3,(H,25,29)/t19-,20+,21-/m0/s1. The molecule has 1 aliphatic rings. The lowest BCUT2D eigenvalue weighted by Gasteiger charge is -2.25. The zero-order valence-electron chi connectivity index (χ0n) is 18.0. The average Bonchev–Trinajstić information content (AvgIpc) is 2.73. The van der Waals surface area contributed by atoms with Crippen LogP contribution in [0.3, 0.4) is 0 Å². The molecule has 0 unspecified atom stereocenters. The van der Waals surface area contributed by atoms with E-state index in [0.29, 0.717) is 25.5 Å². The lowest BCUT2D eigenvalue weighted by Crippen LogP contribution is -2.43. The maximum atomic E-state index is 12.8. The Morgan fingerprint density at radius 1 is 1.20 bits per heavy atom. The molecule has 6 nitrogen and oxygen atoms in total. The topological polar surface area (TPSA) is 89.5 Å². The van der Waals surface area contributed by atoms with Crippen molar-refractivity contribution < 1.29 is 23.9 Å². The molecule has 0 radical (unpaired) electrons. The Morgan fingerprint density at radius 3 is 2.57 bits per heavy atom. The van der Waals surface area contributed by atoms with Gasteiger partial charge in [-0.2, -0.15) is 0 Å². The number of nitrogens with one attached hydrogen (secondary N) is 1. The second-order valence-electron chi connectivity index (χ2n) is 8.57. The summed E-state index contributed by atoms with van der Waals surface area (Å²) in [7, 11) is 0. The molecule has 0 spiro atoms. The SMILES string of the molecule is CC(C)C[C@H](CC(=O)OCc1ccccc1)C(=O)N[C@H](C=O)C[C@@H]1CCCCC1=O. The van der Waals surface area contributed by atoms with Crippen molar-refractivity contribution in [3.05, 3.63) is 35.9 Å². The second kappa shape index (κ2) is 12.3. The maximum absolute atomic E-state index is 12.8. The van der Waals surface area contributed by atoms with Crippen LogP contribution in [0.2, 0.25) is 0 Å². The largest absolute Gasteiger partial charge is 0.461 e. The van der Waals surface area contributed by atoms with E-state index in [1.165, 1.54) is 0 Å². The number of hydrogen-bond donors (Lipinski definition) is 1. The molecular weight excluding hydrogens is 382 g/mol. The molecule has 1 aliphatic carbocycles. The fraction of sp³-hybridized carbons (Fsp3) is 0.583. The summed E-state index contributed by atoms with van der Waals surface area (Å²) < 4.78 is 5.32. The Kier molecular flexibility index (Phi) is 9.71. The van der Waals surface area contributed by atoms with Gasteiger partial charge in [0.1, 0.15) is 18.7 Å². The zero-order chi connectivity index (χ0) is 21.9. The van der Waals surface area contributed by atoms with Crippen LogP contribution in [-0.4, -0.2) is 30.0 Å². The molecule has 2 rings (SSSR count). The Balaban J connectivity index is 1.91. The predicted octanol–water partition coefficient (Wildman–Crippen LogP) is 3.62. The van der Waals surface area contributed by atoms with E-state index in [1.54, 1.807) is 0 Å². The van der Waals surface area contributed by atoms with Crippen molar-refractivity contribution in [1.82, 2.24) is 5.32 Å². The molecule has 30 heavy (non-hydrogen) atoms. The van der Waals surface area contributed by atoms with Gasteiger partial charge in [0.05, 0.1) is 12.5 Å². The minimum absolute atomic E-state index is 0.0369. The number of amides is 1. The first kappa shape index (κ1) is 23.8. The van der Waals surface area contributed by atoms with Gasteiger partial charge in [-0.05, 0) is 37.2 Å². The fourth-order valence-electron chi connectivity index (χ4n) is 3.91. The van der Waals surface area contributed by atoms with Gasteiger partial charge in [-0.15, -0.1) is 0 Å². The predicted molar refractivity (Wildman–Crippen MR) is 113 cm³/mol. The van der Waals surface area contributed by atoms with E-state index in [-0.39, 0.29) is 36.6 Å². The molecule has 1 fully saturated rings. The molecule has 1 N–H and O–H groups in total. The van der Waals surface area contributed by atoms with E-state index in [0.717, 1.165) is 24.8 Å². The average molecular weight is 416 g/mol. The van der Waals surface area contributed by atoms with E-state index in [2.05, 4.69) is 5.32 Å². The Hall–Kier alpha value is -2.50. The van der Waals surface area contributed by atoms with Crippen molar-refractivity contribution in [2.75, 3.05) is 0 Å². The highest BCUT2D eigenvalue weighted by atomic mass is 16.5. The van der Waals surface area contributed by atoms with Crippen LogP contribution in [0.1, 0.15) is 64.4 Å². The minimum atomic E-state index is -0.709. The van der Waals surface area contributed by atoms with Gasteiger partial charge in [0.15, 0.2) is 0 Å². The van der Waals surface area contributed by atoms with Gasteiger partial charge in [-0.3, -0.25) is 14.4 Å². The van der Waals surface area contributed by atoms with E-state index in [4.69, 9.17) is 4.74 Å². The van der Waals surface area contributed by atoms with E-state index in [1.807, 2.05) is 44.2 Å². The second-order valence-corrected chi connectivity index (χ2v) is 8.57. The van der Waals surface area contributed by atoms with Crippen molar-refractivity contribution in [2.45, 2.75) is 71.4 Å². The van der Waals surface area contributed by atoms with Gasteiger partial charge in [-0.25, -0.2) is 0 Å². The van der Waals surface area contributed by atoms with Gasteiger partial charge in [0.25, 0.3) is 0 Å². The summed E-state index contributed by atoms with van der Waals surface area (Å²) in [6.07, 6.45) is 4.69. The number of ether oxygens (including phenoxy) is 1. The Bertz CT molecular complexity index is 716. The van der Waals surface area contributed by atoms with Crippen LogP contribution >= 0.6 is 0 Å². The maximum Gasteiger partial charge on any atom is 0.306 e. The molecule has 1 amide bonds. The van der Waals surface area contributed by atoms with Gasteiger partial charge in [0.2, 0.25) is 5.91 Å². The summed E-state index contributed by atoms with van der Waals surface area (Å²) in [6, 6.07) is 8.65. The van der Waals surface area contributed by atoms with Crippen LogP contribution in [0.15, 0.2) is 30.3 Å². The highest BCUT2D eigenvalue weighted by Gasteiger charge is 2.29. The number of Topliss-reactive ketones (excluding diaryl/α,β-unsaturated/α-hetero) is 1. The number of carbonyl (C=O) groups is 4. The number of benzene rings is 1. The molecule has 6 heteroatoms. The highest BCUT2D eigenvalue weighted by molar-refractivity contribution is 5.86. The Labute approximate surface area is 178 Å². The van der Waals surface area contributed by atoms with Crippen LogP contribution in [0.5, 0.6) is 0 Å². The first-order valence-electron chi connectivity index (χ1n) is 10.9. The summed E-state index contributed by atoms with van der Waals surface area (Å²) in [6.45, 7) is 4.12. The van der Waals surface area contributed by atoms with Crippen molar-refractivity contribution in [3.8, 4) is 0 Å². The summed E-state index contributed by atoms with van der Waals surface area (Å²) >= 11 is 0. The van der Waals surface area contributed by atoms with Crippen LogP contribution in [0.25, 0.3) is 0 Å². The summed E-state index contributed by atoms with van der Waals surface area (Å²) in [5.74, 6) is -1.14. The molecular formula is C24H33NO5. The van der Waals surface area contributed by atoms with Crippen molar-refractivity contribution >= 4 is 23.9 Å². The van der Waals surface area contributed by atoms with Gasteiger partial charge in [0, 0.05) is 18.3 Å². The van der Waals surface area contributed by atoms with Crippen molar-refractivity contribution in [3.63, 3.8) is 0 Å². The highest BCUT2D eigenvalue weighted by Crippen LogP contribution is 2.25. The smallest absolute Gasteiger partial charge is 0.306 e. The van der Waals surface area contributed by atoms with Gasteiger partial charge < -0.3 is 14.8 Å². The van der Waals surface area contributed by atoms with Crippen LogP contribution in [-0.2, 0) is 30.5 Å². The number of ketones is 1. The molecule has 0 bridgehead atoms. The Morgan fingerprint density at radius 2 is 1.93 bits per heavy atom. The summed E-state index contributed by atoms with van der Waals surface area (Å²) in [5, 5.41) is 2.75. The number of hydrogen-bond acceptors (Lipinski definition) is 5. The number of carbonyl (C=O) groups excluding carboxylic acids is 4. The van der Waals surface area contributed by atoms with Crippen molar-refractivity contribution in [1.29, 1.82) is 0 Å². The van der Waals surface area contributed by atoms with E-state index < -0.39 is 17.9 Å². The van der Waals surface area contributed by atoms with E-state index >= 15 is 0 Å². The van der Waals surface area contributed by atoms with E-state index in [9.17, 15) is 19.2 Å². The number of rotatable bonds is 11. The van der Waals surface area contributed by atoms with Crippen molar-refractivity contribution in [2.24, 2.45) is 17.8 Å². The molecule has 0 aromatic heterocycles. The fourth-order valence-corrected chi connectivity index (χ4v) is 3.91. The first-order chi connectivity index (χ1) is 14.4. The monoisotopic (exact) mass is 415 g/mol. The number of esters is 1. The first-order valence-corrected chi connectivity index (χ1v) is 10.9. The molecule has 0 saturated heterocycles. The lowest BCUT2D eigenvalue weighted by molar-refractivity contribution is -0.148. The molecule has 1 aromatic rings. The normalized spacial score (nSPS) is 18.5. The summed E-state index contributed by atoms with van der Waals surface area (Å²) in [5.41, 5.74) is 0.883. The third-order valence-corrected chi connectivity index (χ3v) is 5.49.